The fourth-order valence-corrected chi connectivity index (χ4v) is 1.99. The minimum absolute atomic E-state index is 0.756. The highest BCUT2D eigenvalue weighted by Gasteiger charge is 2.03. The van der Waals surface area contributed by atoms with E-state index in [9.17, 15) is 0 Å². The van der Waals surface area contributed by atoms with Crippen LogP contribution in [0.5, 0.6) is 0 Å². The van der Waals surface area contributed by atoms with Crippen LogP contribution in [-0.2, 0) is 6.42 Å². The quantitative estimate of drug-likeness (QED) is 0.479. The van der Waals surface area contributed by atoms with E-state index in [-0.39, 0.29) is 0 Å². The van der Waals surface area contributed by atoms with Crippen molar-refractivity contribution in [2.45, 2.75) is 19.3 Å². The molecule has 0 radical (unpaired) electrons. The molecule has 18 heavy (non-hydrogen) atoms. The van der Waals surface area contributed by atoms with E-state index in [0.717, 1.165) is 30.5 Å². The van der Waals surface area contributed by atoms with E-state index in [1.807, 2.05) is 48.5 Å². The number of aryl methyl sites for hydroxylation is 1. The second-order valence-electron chi connectivity index (χ2n) is 4.25. The number of nitrogens with zero attached hydrogens (tertiary/aromatic N) is 1. The summed E-state index contributed by atoms with van der Waals surface area (Å²) in [5, 5.41) is 12.5. The summed E-state index contributed by atoms with van der Waals surface area (Å²) in [5.41, 5.74) is 3.07. The Balaban J connectivity index is 1.90. The van der Waals surface area contributed by atoms with Crippen LogP contribution in [0.1, 0.15) is 24.0 Å². The Labute approximate surface area is 108 Å². The van der Waals surface area contributed by atoms with Crippen molar-refractivity contribution in [2.75, 3.05) is 0 Å². The lowest BCUT2D eigenvalue weighted by Gasteiger charge is -2.04. The molecule has 2 aromatic carbocycles. The highest BCUT2D eigenvalue weighted by molar-refractivity contribution is 6.00. The second kappa shape index (κ2) is 6.60. The molecule has 0 aliphatic rings. The zero-order valence-electron chi connectivity index (χ0n) is 10.3. The van der Waals surface area contributed by atoms with Gasteiger partial charge in [0.05, 0.1) is 5.71 Å². The minimum atomic E-state index is 0.756. The zero-order chi connectivity index (χ0) is 12.6. The van der Waals surface area contributed by atoms with Crippen molar-refractivity contribution in [1.29, 1.82) is 0 Å². The highest BCUT2D eigenvalue weighted by Crippen LogP contribution is 2.10. The summed E-state index contributed by atoms with van der Waals surface area (Å²) in [6.07, 6.45) is 2.78. The average molecular weight is 239 g/mol. The normalized spacial score (nSPS) is 11.4. The van der Waals surface area contributed by atoms with Gasteiger partial charge in [0.1, 0.15) is 0 Å². The van der Waals surface area contributed by atoms with E-state index in [1.54, 1.807) is 0 Å². The molecule has 0 bridgehead atoms. The van der Waals surface area contributed by atoms with Crippen LogP contribution in [0.2, 0.25) is 0 Å². The van der Waals surface area contributed by atoms with Crippen LogP contribution in [0.3, 0.4) is 0 Å². The van der Waals surface area contributed by atoms with Crippen LogP contribution in [0, 0.1) is 0 Å². The smallest absolute Gasteiger partial charge is 0.0867 e. The van der Waals surface area contributed by atoms with Crippen LogP contribution < -0.4 is 0 Å². The molecule has 0 heterocycles. The molecule has 0 saturated carbocycles. The van der Waals surface area contributed by atoms with Crippen LogP contribution in [0.15, 0.2) is 65.8 Å². The highest BCUT2D eigenvalue weighted by atomic mass is 16.4. The second-order valence-corrected chi connectivity index (χ2v) is 4.25. The third-order valence-corrected chi connectivity index (χ3v) is 2.95. The van der Waals surface area contributed by atoms with Crippen molar-refractivity contribution >= 4 is 5.71 Å². The van der Waals surface area contributed by atoms with Crippen molar-refractivity contribution < 1.29 is 5.21 Å². The van der Waals surface area contributed by atoms with Gasteiger partial charge in [0.25, 0.3) is 0 Å². The van der Waals surface area contributed by atoms with E-state index in [2.05, 4.69) is 17.3 Å². The summed E-state index contributed by atoms with van der Waals surface area (Å²) in [7, 11) is 0. The first-order valence-corrected chi connectivity index (χ1v) is 6.20. The van der Waals surface area contributed by atoms with Crippen molar-refractivity contribution in [2.24, 2.45) is 5.16 Å². The summed E-state index contributed by atoms with van der Waals surface area (Å²) < 4.78 is 0. The van der Waals surface area contributed by atoms with Gasteiger partial charge in [0.2, 0.25) is 0 Å². The molecule has 2 heteroatoms. The van der Waals surface area contributed by atoms with Gasteiger partial charge in [0, 0.05) is 0 Å². The maximum Gasteiger partial charge on any atom is 0.0867 e. The maximum absolute atomic E-state index is 9.06. The number of hydrogen-bond donors (Lipinski definition) is 1. The topological polar surface area (TPSA) is 32.6 Å². The molecule has 92 valence electrons. The first kappa shape index (κ1) is 12.4. The van der Waals surface area contributed by atoms with Crippen molar-refractivity contribution in [1.82, 2.24) is 0 Å². The van der Waals surface area contributed by atoms with E-state index < -0.39 is 0 Å². The fraction of sp³-hybridized carbons (Fsp3) is 0.188. The molecule has 0 fully saturated rings. The van der Waals surface area contributed by atoms with Crippen LogP contribution in [0.25, 0.3) is 0 Å². The molecule has 0 amide bonds. The van der Waals surface area contributed by atoms with E-state index in [0.29, 0.717) is 0 Å². The summed E-state index contributed by atoms with van der Waals surface area (Å²) in [6.45, 7) is 0. The third-order valence-electron chi connectivity index (χ3n) is 2.95. The van der Waals surface area contributed by atoms with Gasteiger partial charge >= 0.3 is 0 Å². The van der Waals surface area contributed by atoms with Gasteiger partial charge < -0.3 is 5.21 Å². The predicted molar refractivity (Wildman–Crippen MR) is 74.1 cm³/mol. The van der Waals surface area contributed by atoms with Crippen LogP contribution >= 0.6 is 0 Å². The lowest BCUT2D eigenvalue weighted by molar-refractivity contribution is 0.318. The molecule has 2 nitrogen and oxygen atoms in total. The number of hydrogen-bond acceptors (Lipinski definition) is 2. The molecule has 0 unspecified atom stereocenters. The molecule has 0 aromatic heterocycles. The van der Waals surface area contributed by atoms with E-state index in [1.165, 1.54) is 5.56 Å². The molecule has 0 spiro atoms. The molecule has 0 atom stereocenters. The van der Waals surface area contributed by atoms with Gasteiger partial charge in [-0.05, 0) is 30.4 Å². The largest absolute Gasteiger partial charge is 0.411 e. The maximum atomic E-state index is 9.06. The minimum Gasteiger partial charge on any atom is -0.411 e. The first-order chi connectivity index (χ1) is 8.90. The van der Waals surface area contributed by atoms with Crippen molar-refractivity contribution in [3.05, 3.63) is 71.8 Å². The van der Waals surface area contributed by atoms with Crippen molar-refractivity contribution in [3.63, 3.8) is 0 Å². The average Bonchev–Trinajstić information content (AvgIpc) is 2.46. The molecule has 2 rings (SSSR count). The fourth-order valence-electron chi connectivity index (χ4n) is 1.99. The number of oxime groups is 1. The summed E-state index contributed by atoms with van der Waals surface area (Å²) in [6, 6.07) is 20.2. The van der Waals surface area contributed by atoms with Crippen LogP contribution in [0.4, 0.5) is 0 Å². The SMILES string of the molecule is O/N=C(/CCCc1ccccc1)c1ccccc1. The van der Waals surface area contributed by atoms with Gasteiger partial charge in [-0.1, -0.05) is 65.8 Å². The third kappa shape index (κ3) is 3.45. The molecular formula is C16H17NO. The molecule has 0 aliphatic heterocycles. The van der Waals surface area contributed by atoms with Gasteiger partial charge in [-0.3, -0.25) is 0 Å². The standard InChI is InChI=1S/C16H17NO/c18-17-16(15-11-5-2-6-12-15)13-7-10-14-8-3-1-4-9-14/h1-6,8-9,11-12,18H,7,10,13H2/b17-16-. The van der Waals surface area contributed by atoms with Gasteiger partial charge in [-0.2, -0.15) is 0 Å². The zero-order valence-corrected chi connectivity index (χ0v) is 10.3. The van der Waals surface area contributed by atoms with Crippen LogP contribution in [-0.4, -0.2) is 10.9 Å². The Morgan fingerprint density at radius 1 is 0.889 bits per heavy atom. The number of rotatable bonds is 5. The number of benzene rings is 2. The molecule has 1 N–H and O–H groups in total. The Morgan fingerprint density at radius 2 is 1.50 bits per heavy atom. The Morgan fingerprint density at radius 3 is 2.11 bits per heavy atom. The molecule has 0 aliphatic carbocycles. The molecular weight excluding hydrogens is 222 g/mol. The monoisotopic (exact) mass is 239 g/mol. The molecule has 2 aromatic rings. The summed E-state index contributed by atoms with van der Waals surface area (Å²) in [5.74, 6) is 0. The Bertz CT molecular complexity index is 491. The lowest BCUT2D eigenvalue weighted by atomic mass is 10.0. The van der Waals surface area contributed by atoms with Gasteiger partial charge in [-0.15, -0.1) is 0 Å². The Kier molecular flexibility index (Phi) is 4.53. The summed E-state index contributed by atoms with van der Waals surface area (Å²) in [4.78, 5) is 0. The lowest BCUT2D eigenvalue weighted by Crippen LogP contribution is -2.01. The van der Waals surface area contributed by atoms with Crippen molar-refractivity contribution in [3.8, 4) is 0 Å². The Hall–Kier alpha value is -2.09. The van der Waals surface area contributed by atoms with Gasteiger partial charge in [0.15, 0.2) is 0 Å². The summed E-state index contributed by atoms with van der Waals surface area (Å²) >= 11 is 0. The first-order valence-electron chi connectivity index (χ1n) is 6.20. The molecule has 0 saturated heterocycles. The predicted octanol–water partition coefficient (Wildman–Crippen LogP) is 3.89. The van der Waals surface area contributed by atoms with Gasteiger partial charge in [-0.25, -0.2) is 0 Å². The van der Waals surface area contributed by atoms with E-state index >= 15 is 0 Å². The van der Waals surface area contributed by atoms with E-state index in [4.69, 9.17) is 5.21 Å².